The molecule has 2 rings (SSSR count). The first-order valence-corrected chi connectivity index (χ1v) is 6.93. The fourth-order valence-corrected chi connectivity index (χ4v) is 2.68. The zero-order chi connectivity index (χ0) is 11.2. The van der Waals surface area contributed by atoms with E-state index >= 15 is 0 Å². The number of hydrogen-bond acceptors (Lipinski definition) is 3. The van der Waals surface area contributed by atoms with Gasteiger partial charge in [0.25, 0.3) is 0 Å². The van der Waals surface area contributed by atoms with Gasteiger partial charge in [-0.25, -0.2) is 0 Å². The molecule has 0 saturated heterocycles. The molecule has 0 atom stereocenters. The van der Waals surface area contributed by atoms with Gasteiger partial charge in [-0.15, -0.1) is 11.3 Å². The molecular formula is C11H14BrN3S. The van der Waals surface area contributed by atoms with E-state index in [1.54, 1.807) is 11.3 Å². The van der Waals surface area contributed by atoms with Crippen LogP contribution in [-0.4, -0.2) is 16.3 Å². The molecule has 0 radical (unpaired) electrons. The quantitative estimate of drug-likeness (QED) is 0.831. The van der Waals surface area contributed by atoms with E-state index < -0.39 is 0 Å². The van der Waals surface area contributed by atoms with Gasteiger partial charge in [0.05, 0.1) is 3.79 Å². The van der Waals surface area contributed by atoms with E-state index in [0.717, 1.165) is 26.1 Å². The van der Waals surface area contributed by atoms with Crippen molar-refractivity contribution in [2.75, 3.05) is 6.54 Å². The van der Waals surface area contributed by atoms with Gasteiger partial charge in [-0.1, -0.05) is 0 Å². The van der Waals surface area contributed by atoms with E-state index in [2.05, 4.69) is 37.8 Å². The molecule has 0 amide bonds. The Kier molecular flexibility index (Phi) is 4.56. The highest BCUT2D eigenvalue weighted by atomic mass is 79.9. The fourth-order valence-electron chi connectivity index (χ4n) is 1.47. The van der Waals surface area contributed by atoms with Crippen LogP contribution in [0.5, 0.6) is 0 Å². The standard InChI is InChI=1S/C11H14BrN3S/c12-11-7-10(9-16-11)8-13-3-1-5-15-6-2-4-14-15/h2,4,6-7,9,13H,1,3,5,8H2. The SMILES string of the molecule is Brc1cc(CNCCCn2cccn2)cs1. The molecule has 2 aromatic rings. The maximum atomic E-state index is 4.16. The van der Waals surface area contributed by atoms with Crippen LogP contribution in [0, 0.1) is 0 Å². The average molecular weight is 300 g/mol. The highest BCUT2D eigenvalue weighted by Gasteiger charge is 1.96. The largest absolute Gasteiger partial charge is 0.313 e. The summed E-state index contributed by atoms with van der Waals surface area (Å²) in [5.74, 6) is 0. The number of rotatable bonds is 6. The van der Waals surface area contributed by atoms with Crippen LogP contribution in [-0.2, 0) is 13.1 Å². The second kappa shape index (κ2) is 6.18. The van der Waals surface area contributed by atoms with Crippen LogP contribution < -0.4 is 5.32 Å². The number of aryl methyl sites for hydroxylation is 1. The fraction of sp³-hybridized carbons (Fsp3) is 0.364. The lowest BCUT2D eigenvalue weighted by molar-refractivity contribution is 0.543. The molecule has 0 aromatic carbocycles. The molecule has 0 fully saturated rings. The first-order valence-electron chi connectivity index (χ1n) is 5.25. The summed E-state index contributed by atoms with van der Waals surface area (Å²) in [5.41, 5.74) is 1.34. The van der Waals surface area contributed by atoms with E-state index in [1.165, 1.54) is 9.35 Å². The third-order valence-electron chi connectivity index (χ3n) is 2.25. The van der Waals surface area contributed by atoms with E-state index in [4.69, 9.17) is 0 Å². The maximum absolute atomic E-state index is 4.16. The smallest absolute Gasteiger partial charge is 0.0701 e. The van der Waals surface area contributed by atoms with Crippen molar-refractivity contribution in [2.24, 2.45) is 0 Å². The van der Waals surface area contributed by atoms with Crippen LogP contribution >= 0.6 is 27.3 Å². The summed E-state index contributed by atoms with van der Waals surface area (Å²) < 4.78 is 3.16. The predicted octanol–water partition coefficient (Wildman–Crippen LogP) is 2.89. The summed E-state index contributed by atoms with van der Waals surface area (Å²) in [4.78, 5) is 0. The van der Waals surface area contributed by atoms with Crippen molar-refractivity contribution in [1.82, 2.24) is 15.1 Å². The molecule has 0 aliphatic heterocycles. The van der Waals surface area contributed by atoms with E-state index in [-0.39, 0.29) is 0 Å². The molecule has 3 nitrogen and oxygen atoms in total. The zero-order valence-corrected chi connectivity index (χ0v) is 11.3. The Morgan fingerprint density at radius 2 is 2.44 bits per heavy atom. The number of halogens is 1. The van der Waals surface area contributed by atoms with Crippen LogP contribution in [0.15, 0.2) is 33.7 Å². The Morgan fingerprint density at radius 1 is 1.50 bits per heavy atom. The van der Waals surface area contributed by atoms with Gasteiger partial charge in [0.15, 0.2) is 0 Å². The van der Waals surface area contributed by atoms with Gasteiger partial charge in [-0.3, -0.25) is 4.68 Å². The number of nitrogens with one attached hydrogen (secondary N) is 1. The molecule has 86 valence electrons. The lowest BCUT2D eigenvalue weighted by atomic mass is 10.3. The van der Waals surface area contributed by atoms with Gasteiger partial charge in [0, 0.05) is 25.5 Å². The highest BCUT2D eigenvalue weighted by Crippen LogP contribution is 2.20. The van der Waals surface area contributed by atoms with Crippen LogP contribution in [0.1, 0.15) is 12.0 Å². The van der Waals surface area contributed by atoms with Crippen molar-refractivity contribution < 1.29 is 0 Å². The van der Waals surface area contributed by atoms with E-state index in [0.29, 0.717) is 0 Å². The average Bonchev–Trinajstić information content (AvgIpc) is 2.89. The maximum Gasteiger partial charge on any atom is 0.0701 e. The van der Waals surface area contributed by atoms with Gasteiger partial charge in [0.2, 0.25) is 0 Å². The molecular weight excluding hydrogens is 286 g/mol. The third kappa shape index (κ3) is 3.73. The Bertz CT molecular complexity index is 411. The Balaban J connectivity index is 1.59. The third-order valence-corrected chi connectivity index (χ3v) is 3.80. The van der Waals surface area contributed by atoms with Crippen molar-refractivity contribution in [2.45, 2.75) is 19.5 Å². The first-order chi connectivity index (χ1) is 7.84. The topological polar surface area (TPSA) is 29.9 Å². The van der Waals surface area contributed by atoms with Crippen molar-refractivity contribution in [3.8, 4) is 0 Å². The molecule has 5 heteroatoms. The van der Waals surface area contributed by atoms with Gasteiger partial charge < -0.3 is 5.32 Å². The van der Waals surface area contributed by atoms with Gasteiger partial charge in [-0.05, 0) is 52.0 Å². The summed E-state index contributed by atoms with van der Waals surface area (Å²) >= 11 is 5.19. The second-order valence-electron chi connectivity index (χ2n) is 3.56. The molecule has 0 unspecified atom stereocenters. The zero-order valence-electron chi connectivity index (χ0n) is 8.90. The number of thiophene rings is 1. The first kappa shape index (κ1) is 11.8. The lowest BCUT2D eigenvalue weighted by Crippen LogP contribution is -2.16. The van der Waals surface area contributed by atoms with Crippen LogP contribution in [0.2, 0.25) is 0 Å². The Morgan fingerprint density at radius 3 is 3.12 bits per heavy atom. The van der Waals surface area contributed by atoms with Gasteiger partial charge in [-0.2, -0.15) is 5.10 Å². The molecule has 0 bridgehead atoms. The van der Waals surface area contributed by atoms with Crippen molar-refractivity contribution in [3.05, 3.63) is 39.3 Å². The molecule has 16 heavy (non-hydrogen) atoms. The Labute approximate surface area is 108 Å². The molecule has 0 aliphatic rings. The van der Waals surface area contributed by atoms with E-state index in [1.807, 2.05) is 23.1 Å². The molecule has 0 saturated carbocycles. The number of aromatic nitrogens is 2. The molecule has 0 aliphatic carbocycles. The Hall–Kier alpha value is -0.650. The normalized spacial score (nSPS) is 10.8. The minimum Gasteiger partial charge on any atom is -0.313 e. The predicted molar refractivity (Wildman–Crippen MR) is 70.6 cm³/mol. The van der Waals surface area contributed by atoms with Crippen molar-refractivity contribution >= 4 is 27.3 Å². The highest BCUT2D eigenvalue weighted by molar-refractivity contribution is 9.11. The van der Waals surface area contributed by atoms with Crippen LogP contribution in [0.3, 0.4) is 0 Å². The van der Waals surface area contributed by atoms with Crippen LogP contribution in [0.4, 0.5) is 0 Å². The second-order valence-corrected chi connectivity index (χ2v) is 5.85. The number of hydrogen-bond donors (Lipinski definition) is 1. The van der Waals surface area contributed by atoms with Gasteiger partial charge >= 0.3 is 0 Å². The molecule has 2 heterocycles. The summed E-state index contributed by atoms with van der Waals surface area (Å²) in [7, 11) is 0. The van der Waals surface area contributed by atoms with Gasteiger partial charge in [0.1, 0.15) is 0 Å². The van der Waals surface area contributed by atoms with Crippen molar-refractivity contribution in [3.63, 3.8) is 0 Å². The van der Waals surface area contributed by atoms with E-state index in [9.17, 15) is 0 Å². The monoisotopic (exact) mass is 299 g/mol. The molecule has 0 spiro atoms. The number of nitrogens with zero attached hydrogens (tertiary/aromatic N) is 2. The summed E-state index contributed by atoms with van der Waals surface area (Å²) in [6.45, 7) is 2.95. The molecule has 1 N–H and O–H groups in total. The van der Waals surface area contributed by atoms with Crippen LogP contribution in [0.25, 0.3) is 0 Å². The minimum absolute atomic E-state index is 0.946. The summed E-state index contributed by atoms with van der Waals surface area (Å²) in [6.07, 6.45) is 4.92. The molecule has 2 aromatic heterocycles. The lowest BCUT2D eigenvalue weighted by Gasteiger charge is -2.03. The minimum atomic E-state index is 0.946. The van der Waals surface area contributed by atoms with Crippen molar-refractivity contribution in [1.29, 1.82) is 0 Å². The summed E-state index contributed by atoms with van der Waals surface area (Å²) in [5, 5.41) is 9.75. The summed E-state index contributed by atoms with van der Waals surface area (Å²) in [6, 6.07) is 4.11.